The fraction of sp³-hybridized carbons (Fsp3) is 0.471. The zero-order valence-corrected chi connectivity index (χ0v) is 15.1. The molecule has 4 amide bonds. The Morgan fingerprint density at radius 1 is 1.29 bits per heavy atom. The van der Waals surface area contributed by atoms with Crippen molar-refractivity contribution in [3.63, 3.8) is 0 Å². The van der Waals surface area contributed by atoms with Gasteiger partial charge in [0.15, 0.2) is 0 Å². The van der Waals surface area contributed by atoms with Gasteiger partial charge in [0, 0.05) is 10.2 Å². The normalized spacial score (nSPS) is 19.5. The van der Waals surface area contributed by atoms with E-state index in [0.717, 1.165) is 34.2 Å². The highest BCUT2D eigenvalue weighted by molar-refractivity contribution is 9.10. The third-order valence-electron chi connectivity index (χ3n) is 4.71. The molecule has 0 aromatic heterocycles. The molecule has 1 aromatic rings. The number of aryl methyl sites for hydroxylation is 1. The van der Waals surface area contributed by atoms with Gasteiger partial charge in [0.1, 0.15) is 12.1 Å². The summed E-state index contributed by atoms with van der Waals surface area (Å²) in [4.78, 5) is 38.0. The minimum atomic E-state index is -0.789. The molecule has 0 radical (unpaired) electrons. The average molecular weight is 394 g/mol. The maximum absolute atomic E-state index is 12.6. The molecule has 6 nitrogen and oxygen atoms in total. The number of anilines is 1. The third-order valence-corrected chi connectivity index (χ3v) is 5.56. The molecule has 1 spiro atoms. The largest absolute Gasteiger partial charge is 0.325 e. The number of halogens is 1. The molecule has 128 valence electrons. The topological polar surface area (TPSA) is 78.5 Å². The lowest BCUT2D eigenvalue weighted by atomic mass is 9.82. The zero-order chi connectivity index (χ0) is 17.3. The standard InChI is InChI=1S/C17H20BrN3O3/c1-11-5-6-12(9-13(11)18)19-14(22)10-21-15(23)17(20-16(21)24)7-3-2-4-8-17/h5-6,9H,2-4,7-8,10H2,1H3,(H,19,22)(H,20,24). The Labute approximate surface area is 149 Å². The maximum Gasteiger partial charge on any atom is 0.325 e. The summed E-state index contributed by atoms with van der Waals surface area (Å²) in [6.07, 6.45) is 4.22. The highest BCUT2D eigenvalue weighted by Gasteiger charge is 2.51. The Kier molecular flexibility index (Phi) is 4.62. The Morgan fingerprint density at radius 3 is 2.67 bits per heavy atom. The van der Waals surface area contributed by atoms with Gasteiger partial charge in [-0.3, -0.25) is 14.5 Å². The lowest BCUT2D eigenvalue weighted by Gasteiger charge is -2.30. The van der Waals surface area contributed by atoms with Gasteiger partial charge in [-0.05, 0) is 37.5 Å². The number of amides is 4. The summed E-state index contributed by atoms with van der Waals surface area (Å²) in [7, 11) is 0. The van der Waals surface area contributed by atoms with Crippen LogP contribution in [-0.2, 0) is 9.59 Å². The highest BCUT2D eigenvalue weighted by atomic mass is 79.9. The molecule has 0 bridgehead atoms. The molecule has 2 fully saturated rings. The molecule has 0 unspecified atom stereocenters. The summed E-state index contributed by atoms with van der Waals surface area (Å²) < 4.78 is 0.886. The van der Waals surface area contributed by atoms with E-state index < -0.39 is 11.6 Å². The number of hydrogen-bond donors (Lipinski definition) is 2. The van der Waals surface area contributed by atoms with Crippen LogP contribution in [-0.4, -0.2) is 34.8 Å². The average Bonchev–Trinajstić information content (AvgIpc) is 2.76. The Bertz CT molecular complexity index is 698. The van der Waals surface area contributed by atoms with Crippen LogP contribution in [0.25, 0.3) is 0 Å². The fourth-order valence-electron chi connectivity index (χ4n) is 3.33. The Balaban J connectivity index is 1.66. The van der Waals surface area contributed by atoms with Crippen LogP contribution < -0.4 is 10.6 Å². The van der Waals surface area contributed by atoms with E-state index in [9.17, 15) is 14.4 Å². The van der Waals surface area contributed by atoms with E-state index >= 15 is 0 Å². The molecule has 24 heavy (non-hydrogen) atoms. The molecule has 3 rings (SSSR count). The molecular formula is C17H20BrN3O3. The second-order valence-corrected chi connectivity index (χ2v) is 7.33. The number of imide groups is 1. The summed E-state index contributed by atoms with van der Waals surface area (Å²) in [6, 6.07) is 4.99. The molecule has 0 atom stereocenters. The van der Waals surface area contributed by atoms with Crippen LogP contribution in [0.1, 0.15) is 37.7 Å². The van der Waals surface area contributed by atoms with Gasteiger partial charge in [-0.2, -0.15) is 0 Å². The first-order valence-corrected chi connectivity index (χ1v) is 8.91. The van der Waals surface area contributed by atoms with Crippen LogP contribution in [0.3, 0.4) is 0 Å². The minimum Gasteiger partial charge on any atom is -0.324 e. The van der Waals surface area contributed by atoms with Crippen LogP contribution >= 0.6 is 15.9 Å². The number of hydrogen-bond acceptors (Lipinski definition) is 3. The van der Waals surface area contributed by atoms with Gasteiger partial charge in [-0.25, -0.2) is 4.79 Å². The Morgan fingerprint density at radius 2 is 2.00 bits per heavy atom. The SMILES string of the molecule is Cc1ccc(NC(=O)CN2C(=O)NC3(CCCCC3)C2=O)cc1Br. The van der Waals surface area contributed by atoms with E-state index in [1.807, 2.05) is 13.0 Å². The molecule has 1 saturated carbocycles. The molecule has 1 aliphatic heterocycles. The minimum absolute atomic E-state index is 0.266. The fourth-order valence-corrected chi connectivity index (χ4v) is 3.71. The van der Waals surface area contributed by atoms with Crippen LogP contribution in [0.4, 0.5) is 10.5 Å². The molecule has 7 heteroatoms. The number of carbonyl (C=O) groups is 3. The van der Waals surface area contributed by atoms with Crippen LogP contribution in [0, 0.1) is 6.92 Å². The highest BCUT2D eigenvalue weighted by Crippen LogP contribution is 2.33. The summed E-state index contributed by atoms with van der Waals surface area (Å²) >= 11 is 3.41. The van der Waals surface area contributed by atoms with Crippen molar-refractivity contribution in [2.75, 3.05) is 11.9 Å². The lowest BCUT2D eigenvalue weighted by molar-refractivity contribution is -0.134. The van der Waals surface area contributed by atoms with E-state index in [1.165, 1.54) is 0 Å². The molecule has 2 N–H and O–H groups in total. The molecule has 1 saturated heterocycles. The summed E-state index contributed by atoms with van der Waals surface area (Å²) in [6.45, 7) is 1.68. The number of urea groups is 1. The first kappa shape index (κ1) is 17.0. The lowest BCUT2D eigenvalue weighted by Crippen LogP contribution is -2.48. The number of nitrogens with one attached hydrogen (secondary N) is 2. The monoisotopic (exact) mass is 393 g/mol. The molecule has 1 aromatic carbocycles. The third kappa shape index (κ3) is 3.17. The number of carbonyl (C=O) groups excluding carboxylic acids is 3. The molecule has 2 aliphatic rings. The van der Waals surface area contributed by atoms with Crippen LogP contribution in [0.5, 0.6) is 0 Å². The van der Waals surface area contributed by atoms with E-state index in [-0.39, 0.29) is 18.4 Å². The predicted octanol–water partition coefficient (Wildman–Crippen LogP) is 2.95. The van der Waals surface area contributed by atoms with Crippen molar-refractivity contribution in [3.05, 3.63) is 28.2 Å². The quantitative estimate of drug-likeness (QED) is 0.774. The van der Waals surface area contributed by atoms with Gasteiger partial charge in [0.25, 0.3) is 5.91 Å². The smallest absolute Gasteiger partial charge is 0.324 e. The molecular weight excluding hydrogens is 374 g/mol. The summed E-state index contributed by atoms with van der Waals surface area (Å²) in [5.74, 6) is -0.658. The van der Waals surface area contributed by atoms with Crippen molar-refractivity contribution in [2.45, 2.75) is 44.6 Å². The molecule has 1 aliphatic carbocycles. The first-order valence-electron chi connectivity index (χ1n) is 8.11. The van der Waals surface area contributed by atoms with Crippen LogP contribution in [0.15, 0.2) is 22.7 Å². The van der Waals surface area contributed by atoms with E-state index in [1.54, 1.807) is 12.1 Å². The van der Waals surface area contributed by atoms with Crippen molar-refractivity contribution in [3.8, 4) is 0 Å². The zero-order valence-electron chi connectivity index (χ0n) is 13.5. The number of benzene rings is 1. The second-order valence-electron chi connectivity index (χ2n) is 6.48. The number of rotatable bonds is 3. The summed E-state index contributed by atoms with van der Waals surface area (Å²) in [5.41, 5.74) is 0.890. The van der Waals surface area contributed by atoms with Crippen LogP contribution in [0.2, 0.25) is 0 Å². The van der Waals surface area contributed by atoms with Crippen molar-refractivity contribution >= 4 is 39.5 Å². The van der Waals surface area contributed by atoms with E-state index in [2.05, 4.69) is 26.6 Å². The van der Waals surface area contributed by atoms with Gasteiger partial charge < -0.3 is 10.6 Å². The second kappa shape index (κ2) is 6.55. The first-order chi connectivity index (χ1) is 11.4. The van der Waals surface area contributed by atoms with E-state index in [4.69, 9.17) is 0 Å². The van der Waals surface area contributed by atoms with Gasteiger partial charge in [-0.1, -0.05) is 41.3 Å². The predicted molar refractivity (Wildman–Crippen MR) is 93.6 cm³/mol. The van der Waals surface area contributed by atoms with Crippen molar-refractivity contribution < 1.29 is 14.4 Å². The Hall–Kier alpha value is -1.89. The van der Waals surface area contributed by atoms with Crippen molar-refractivity contribution in [2.24, 2.45) is 0 Å². The number of nitrogens with zero attached hydrogens (tertiary/aromatic N) is 1. The van der Waals surface area contributed by atoms with E-state index in [0.29, 0.717) is 18.5 Å². The maximum atomic E-state index is 12.6. The molecule has 1 heterocycles. The van der Waals surface area contributed by atoms with Gasteiger partial charge in [0.05, 0.1) is 0 Å². The van der Waals surface area contributed by atoms with Gasteiger partial charge >= 0.3 is 6.03 Å². The summed E-state index contributed by atoms with van der Waals surface area (Å²) in [5, 5.41) is 5.53. The van der Waals surface area contributed by atoms with Gasteiger partial charge in [0.2, 0.25) is 5.91 Å². The van der Waals surface area contributed by atoms with Gasteiger partial charge in [-0.15, -0.1) is 0 Å². The van der Waals surface area contributed by atoms with Crippen molar-refractivity contribution in [1.29, 1.82) is 0 Å². The van der Waals surface area contributed by atoms with Crippen molar-refractivity contribution in [1.82, 2.24) is 10.2 Å².